The zero-order chi connectivity index (χ0) is 16.1. The Bertz CT molecular complexity index is 699. The first-order valence-electron chi connectivity index (χ1n) is 6.54. The fraction of sp³-hybridized carbons (Fsp3) is 0.125. The summed E-state index contributed by atoms with van der Waals surface area (Å²) in [4.78, 5) is 22.6. The van der Waals surface area contributed by atoms with Gasteiger partial charge in [-0.25, -0.2) is 4.39 Å². The second-order valence-electron chi connectivity index (χ2n) is 4.71. The Hall–Kier alpha value is -2.89. The lowest BCUT2D eigenvalue weighted by molar-refractivity contribution is -0.118. The molecule has 6 heteroatoms. The number of carbonyl (C=O) groups excluding carboxylic acids is 2. The number of ether oxygens (including phenoxy) is 1. The van der Waals surface area contributed by atoms with Gasteiger partial charge in [0, 0.05) is 5.56 Å². The molecule has 22 heavy (non-hydrogen) atoms. The molecule has 0 aliphatic carbocycles. The third kappa shape index (κ3) is 4.05. The van der Waals surface area contributed by atoms with Crippen molar-refractivity contribution in [2.45, 2.75) is 6.92 Å². The summed E-state index contributed by atoms with van der Waals surface area (Å²) < 4.78 is 18.8. The number of nitrogens with two attached hydrogens (primary N) is 1. The second-order valence-corrected chi connectivity index (χ2v) is 4.71. The number of carbonyl (C=O) groups is 2. The van der Waals surface area contributed by atoms with E-state index in [1.807, 2.05) is 0 Å². The number of anilines is 1. The SMILES string of the molecule is Cc1ccc(NC(=O)COc2ccc(C(N)=O)cc2)c(F)c1. The highest BCUT2D eigenvalue weighted by atomic mass is 19.1. The third-order valence-corrected chi connectivity index (χ3v) is 2.91. The number of rotatable bonds is 5. The van der Waals surface area contributed by atoms with Gasteiger partial charge in [0.05, 0.1) is 5.69 Å². The second kappa shape index (κ2) is 6.71. The molecule has 0 aromatic heterocycles. The molecule has 0 saturated heterocycles. The summed E-state index contributed by atoms with van der Waals surface area (Å²) in [6.45, 7) is 1.48. The van der Waals surface area contributed by atoms with Crippen LogP contribution in [0.5, 0.6) is 5.75 Å². The summed E-state index contributed by atoms with van der Waals surface area (Å²) in [6, 6.07) is 10.6. The van der Waals surface area contributed by atoms with Crippen LogP contribution in [-0.2, 0) is 4.79 Å². The zero-order valence-electron chi connectivity index (χ0n) is 11.9. The molecule has 0 aliphatic heterocycles. The van der Waals surface area contributed by atoms with Crippen molar-refractivity contribution < 1.29 is 18.7 Å². The number of hydrogen-bond acceptors (Lipinski definition) is 3. The van der Waals surface area contributed by atoms with E-state index in [4.69, 9.17) is 10.5 Å². The lowest BCUT2D eigenvalue weighted by Gasteiger charge is -2.09. The van der Waals surface area contributed by atoms with Crippen LogP contribution in [0.3, 0.4) is 0 Å². The van der Waals surface area contributed by atoms with Crippen LogP contribution < -0.4 is 15.8 Å². The lowest BCUT2D eigenvalue weighted by atomic mass is 10.2. The molecular weight excluding hydrogens is 287 g/mol. The fourth-order valence-electron chi connectivity index (χ4n) is 1.77. The molecule has 0 unspecified atom stereocenters. The molecule has 0 spiro atoms. The number of benzene rings is 2. The van der Waals surface area contributed by atoms with E-state index in [0.29, 0.717) is 11.3 Å². The summed E-state index contributed by atoms with van der Waals surface area (Å²) in [7, 11) is 0. The van der Waals surface area contributed by atoms with E-state index in [9.17, 15) is 14.0 Å². The highest BCUT2D eigenvalue weighted by Crippen LogP contribution is 2.16. The van der Waals surface area contributed by atoms with E-state index in [-0.39, 0.29) is 12.3 Å². The van der Waals surface area contributed by atoms with Crippen LogP contribution >= 0.6 is 0 Å². The van der Waals surface area contributed by atoms with Gasteiger partial charge in [-0.15, -0.1) is 0 Å². The molecule has 0 heterocycles. The van der Waals surface area contributed by atoms with Gasteiger partial charge in [0.1, 0.15) is 11.6 Å². The molecule has 0 fully saturated rings. The first kappa shape index (κ1) is 15.5. The average Bonchev–Trinajstić information content (AvgIpc) is 2.48. The van der Waals surface area contributed by atoms with Crippen molar-refractivity contribution in [2.75, 3.05) is 11.9 Å². The van der Waals surface area contributed by atoms with Gasteiger partial charge in [-0.2, -0.15) is 0 Å². The highest BCUT2D eigenvalue weighted by molar-refractivity contribution is 5.93. The van der Waals surface area contributed by atoms with Gasteiger partial charge in [0.2, 0.25) is 5.91 Å². The number of aryl methyl sites for hydroxylation is 1. The molecule has 2 rings (SSSR count). The fourth-order valence-corrected chi connectivity index (χ4v) is 1.77. The minimum atomic E-state index is -0.542. The van der Waals surface area contributed by atoms with Crippen molar-refractivity contribution in [1.29, 1.82) is 0 Å². The predicted molar refractivity (Wildman–Crippen MR) is 80.2 cm³/mol. The highest BCUT2D eigenvalue weighted by Gasteiger charge is 2.08. The van der Waals surface area contributed by atoms with Crippen molar-refractivity contribution >= 4 is 17.5 Å². The van der Waals surface area contributed by atoms with Crippen LogP contribution in [0, 0.1) is 12.7 Å². The smallest absolute Gasteiger partial charge is 0.262 e. The molecule has 5 nitrogen and oxygen atoms in total. The number of amides is 2. The van der Waals surface area contributed by atoms with Crippen LogP contribution in [0.15, 0.2) is 42.5 Å². The van der Waals surface area contributed by atoms with Crippen molar-refractivity contribution in [3.8, 4) is 5.75 Å². The Morgan fingerprint density at radius 1 is 1.18 bits per heavy atom. The van der Waals surface area contributed by atoms with Crippen molar-refractivity contribution in [1.82, 2.24) is 0 Å². The van der Waals surface area contributed by atoms with E-state index in [1.54, 1.807) is 13.0 Å². The molecule has 2 amide bonds. The Kier molecular flexibility index (Phi) is 4.73. The molecule has 114 valence electrons. The molecular formula is C16H15FN2O3. The number of hydrogen-bond donors (Lipinski definition) is 2. The Morgan fingerprint density at radius 2 is 1.86 bits per heavy atom. The first-order chi connectivity index (χ1) is 10.5. The maximum atomic E-state index is 13.6. The van der Waals surface area contributed by atoms with E-state index in [0.717, 1.165) is 5.56 Å². The van der Waals surface area contributed by atoms with Crippen LogP contribution in [0.25, 0.3) is 0 Å². The van der Waals surface area contributed by atoms with E-state index in [2.05, 4.69) is 5.32 Å². The van der Waals surface area contributed by atoms with Gasteiger partial charge < -0.3 is 15.8 Å². The van der Waals surface area contributed by atoms with Crippen LogP contribution in [-0.4, -0.2) is 18.4 Å². The normalized spacial score (nSPS) is 10.1. The Morgan fingerprint density at radius 3 is 2.45 bits per heavy atom. The zero-order valence-corrected chi connectivity index (χ0v) is 11.9. The molecule has 2 aromatic carbocycles. The lowest BCUT2D eigenvalue weighted by Crippen LogP contribution is -2.20. The monoisotopic (exact) mass is 302 g/mol. The predicted octanol–water partition coefficient (Wildman–Crippen LogP) is 2.25. The summed E-state index contributed by atoms with van der Waals surface area (Å²) in [5.41, 5.74) is 6.33. The summed E-state index contributed by atoms with van der Waals surface area (Å²) in [6.07, 6.45) is 0. The maximum Gasteiger partial charge on any atom is 0.262 e. The quantitative estimate of drug-likeness (QED) is 0.888. The van der Waals surface area contributed by atoms with E-state index in [1.165, 1.54) is 36.4 Å². The van der Waals surface area contributed by atoms with E-state index >= 15 is 0 Å². The van der Waals surface area contributed by atoms with Gasteiger partial charge in [-0.3, -0.25) is 9.59 Å². The first-order valence-corrected chi connectivity index (χ1v) is 6.54. The Balaban J connectivity index is 1.91. The molecule has 2 aromatic rings. The van der Waals surface area contributed by atoms with Crippen molar-refractivity contribution in [2.24, 2.45) is 5.73 Å². The van der Waals surface area contributed by atoms with Crippen LogP contribution in [0.1, 0.15) is 15.9 Å². The standard InChI is InChI=1S/C16H15FN2O3/c1-10-2-7-14(13(17)8-10)19-15(20)9-22-12-5-3-11(4-6-12)16(18)21/h2-8H,9H2,1H3,(H2,18,21)(H,19,20). The minimum absolute atomic E-state index is 0.100. The van der Waals surface area contributed by atoms with Crippen molar-refractivity contribution in [3.05, 3.63) is 59.4 Å². The Labute approximate surface area is 126 Å². The number of nitrogens with one attached hydrogen (secondary N) is 1. The molecule has 0 atom stereocenters. The average molecular weight is 302 g/mol. The van der Waals surface area contributed by atoms with E-state index < -0.39 is 17.6 Å². The van der Waals surface area contributed by atoms with Gasteiger partial charge in [-0.05, 0) is 48.9 Å². The molecule has 0 saturated carbocycles. The number of primary amides is 1. The largest absolute Gasteiger partial charge is 0.484 e. The minimum Gasteiger partial charge on any atom is -0.484 e. The summed E-state index contributed by atoms with van der Waals surface area (Å²) in [5, 5.41) is 2.42. The summed E-state index contributed by atoms with van der Waals surface area (Å²) >= 11 is 0. The van der Waals surface area contributed by atoms with Gasteiger partial charge in [0.25, 0.3) is 5.91 Å². The topological polar surface area (TPSA) is 81.4 Å². The third-order valence-electron chi connectivity index (χ3n) is 2.91. The van der Waals surface area contributed by atoms with Crippen LogP contribution in [0.4, 0.5) is 10.1 Å². The molecule has 0 bridgehead atoms. The maximum absolute atomic E-state index is 13.6. The van der Waals surface area contributed by atoms with Crippen LogP contribution in [0.2, 0.25) is 0 Å². The molecule has 0 aliphatic rings. The van der Waals surface area contributed by atoms with Gasteiger partial charge in [-0.1, -0.05) is 6.07 Å². The summed E-state index contributed by atoms with van der Waals surface area (Å²) in [5.74, 6) is -1.12. The molecule has 0 radical (unpaired) electrons. The van der Waals surface area contributed by atoms with Gasteiger partial charge >= 0.3 is 0 Å². The molecule has 3 N–H and O–H groups in total. The van der Waals surface area contributed by atoms with Crippen molar-refractivity contribution in [3.63, 3.8) is 0 Å². The van der Waals surface area contributed by atoms with Gasteiger partial charge in [0.15, 0.2) is 6.61 Å². The number of halogens is 1.